The van der Waals surface area contributed by atoms with Gasteiger partial charge >= 0.3 is 0 Å². The van der Waals surface area contributed by atoms with Gasteiger partial charge in [-0.05, 0) is 261 Å². The van der Waals surface area contributed by atoms with E-state index >= 15 is 0 Å². The molecule has 13 N–H and O–H groups in total. The Labute approximate surface area is 869 Å². The van der Waals surface area contributed by atoms with E-state index in [2.05, 4.69) is 63.8 Å². The Hall–Kier alpha value is -12.6. The molecule has 0 unspecified atom stereocenters. The summed E-state index contributed by atoms with van der Waals surface area (Å²) >= 11 is 0. The van der Waals surface area contributed by atoms with E-state index in [0.29, 0.717) is 132 Å². The Morgan fingerprint density at radius 3 is 0.859 bits per heavy atom. The summed E-state index contributed by atoms with van der Waals surface area (Å²) in [6.07, 6.45) is 12.5. The summed E-state index contributed by atoms with van der Waals surface area (Å²) in [6.45, 7) is 17.6. The summed E-state index contributed by atoms with van der Waals surface area (Å²) in [5.41, 5.74) is 4.05. The van der Waals surface area contributed by atoms with E-state index in [1.54, 1.807) is 110 Å². The van der Waals surface area contributed by atoms with Gasteiger partial charge in [-0.15, -0.1) is 0 Å². The zero-order valence-electron chi connectivity index (χ0n) is 87.5. The van der Waals surface area contributed by atoms with Crippen LogP contribution in [0.5, 0.6) is 28.7 Å². The van der Waals surface area contributed by atoms with Gasteiger partial charge in [-0.2, -0.15) is 4.39 Å². The molecule has 0 radical (unpaired) electrons. The van der Waals surface area contributed by atoms with E-state index in [1.165, 1.54) is 68.1 Å². The molecular formula is C110H150F6N16O17. The third-order valence-corrected chi connectivity index (χ3v) is 28.2. The fourth-order valence-electron chi connectivity index (χ4n) is 18.2. The molecule has 4 heterocycles. The standard InChI is InChI=1S/C29H36F2N4O4.C29H37FN4O5.C26H38F2N4O4.C26H39FN4O4/c1-18-27(36)34-24(17-19-8-12-22(30)13-9-19)28(37)33-14-4-6-21-5-3-7-23(31)26(21)39-16-15-32-25(20-10-11-20)29(38)35(18)2;1-18-27(36)33-24(17-19-8-12-22(35)13-9-19)28(37)32-14-4-6-21-5-3-7-23(30)26(21)39-16-15-31-25(20-10-11-20)29(38)34(18)2;1-15(2)14-20-25(34)30-11-5-6-18-9-10-19(27)21(28)23(18)36-13-12-29-22(17-7-8-17)26(35)32(4)16(3)24(33)31-20;1-16(2)15-21-25(33)29-12-6-8-19-7-5-9-20(27)23(19)35-14-13-28-22(18-10-11-18)26(34)31(4)17(3)24(32)30-21/h3,5,7-9,12-13,18,20,24-25,32H,4,6,10-11,14-17H2,1-2H3,(H,33,37)(H,34,36);3,5,7-9,12-13,18,20,24-25,31,35H,4,6,10-11,14-17H2,1-2H3,(H,32,37)(H,33,36);9-10,15-17,20,22,29H,5-8,11-14H2,1-4H3,(H,30,34)(H,31,33);5,7,9,16-18,21-22,28H,6,8,10-15H2,1-4H3,(H,29,33)(H,30,32)/t2*18-,24-,25+;16-,20-,22+;17-,21-,22+/m1111/s1. The van der Waals surface area contributed by atoms with Crippen molar-refractivity contribution >= 4 is 70.9 Å². The number of rotatable bonds is 12. The number of phenolic OH excluding ortho intramolecular Hbond substituents is 1. The van der Waals surface area contributed by atoms with Gasteiger partial charge in [0.15, 0.2) is 46.3 Å². The largest absolute Gasteiger partial charge is 0.508 e. The fraction of sp³-hybridized carbons (Fsp3) is 0.564. The third kappa shape index (κ3) is 35.0. The van der Waals surface area contributed by atoms with Crippen LogP contribution in [0.4, 0.5) is 26.3 Å². The average Bonchev–Trinajstić information content (AvgIpc) is 1.71. The van der Waals surface area contributed by atoms with Crippen LogP contribution in [-0.2, 0) is 96.1 Å². The van der Waals surface area contributed by atoms with Crippen molar-refractivity contribution in [1.29, 1.82) is 0 Å². The predicted octanol–water partition coefficient (Wildman–Crippen LogP) is 8.43. The lowest BCUT2D eigenvalue weighted by Crippen LogP contribution is -2.56. The van der Waals surface area contributed by atoms with Gasteiger partial charge in [-0.3, -0.25) is 57.5 Å². The number of amides is 12. The van der Waals surface area contributed by atoms with Crippen molar-refractivity contribution in [2.24, 2.45) is 35.5 Å². The van der Waals surface area contributed by atoms with Crippen molar-refractivity contribution in [1.82, 2.24) is 83.4 Å². The Balaban J connectivity index is 0.000000189. The number of phenols is 1. The summed E-state index contributed by atoms with van der Waals surface area (Å²) in [5, 5.41) is 45.3. The highest BCUT2D eigenvalue weighted by Crippen LogP contribution is 2.39. The molecule has 0 saturated heterocycles. The summed E-state index contributed by atoms with van der Waals surface area (Å²) in [6, 6.07) is 20.7. The quantitative estimate of drug-likeness (QED) is 0.0511. The topological polar surface area (TPSA) is 419 Å². The van der Waals surface area contributed by atoms with Crippen LogP contribution in [0.15, 0.2) is 115 Å². The number of carbonyl (C=O) groups is 12. The van der Waals surface area contributed by atoms with Gasteiger partial charge in [-0.25, -0.2) is 22.0 Å². The number of halogens is 6. The van der Waals surface area contributed by atoms with E-state index in [9.17, 15) is 89.0 Å². The molecule has 4 aliphatic heterocycles. The molecule has 4 fully saturated rings. The molecule has 0 aromatic heterocycles. The minimum Gasteiger partial charge on any atom is -0.508 e. The molecule has 149 heavy (non-hydrogen) atoms. The lowest BCUT2D eigenvalue weighted by Gasteiger charge is -2.30. The first-order valence-corrected chi connectivity index (χ1v) is 52.4. The summed E-state index contributed by atoms with van der Waals surface area (Å²) < 4.78 is 108. The zero-order valence-corrected chi connectivity index (χ0v) is 87.5. The second kappa shape index (κ2) is 56.8. The Morgan fingerprint density at radius 2 is 0.577 bits per heavy atom. The van der Waals surface area contributed by atoms with Crippen molar-refractivity contribution < 1.29 is 108 Å². The first-order chi connectivity index (χ1) is 71.3. The average molecular weight is 2080 g/mol. The maximum atomic E-state index is 14.6. The van der Waals surface area contributed by atoms with Crippen LogP contribution in [-0.4, -0.2) is 275 Å². The van der Waals surface area contributed by atoms with Crippen LogP contribution >= 0.6 is 0 Å². The number of aryl methyl sites for hydroxylation is 4. The maximum absolute atomic E-state index is 14.6. The van der Waals surface area contributed by atoms with Crippen LogP contribution in [0.3, 0.4) is 0 Å². The summed E-state index contributed by atoms with van der Waals surface area (Å²) in [4.78, 5) is 163. The van der Waals surface area contributed by atoms with Gasteiger partial charge in [0.25, 0.3) is 0 Å². The molecule has 14 rings (SSSR count). The first kappa shape index (κ1) is 117. The van der Waals surface area contributed by atoms with Gasteiger partial charge in [0, 0.05) is 93.4 Å². The van der Waals surface area contributed by atoms with E-state index in [0.717, 1.165) is 68.6 Å². The zero-order chi connectivity index (χ0) is 108. The number of carbonyl (C=O) groups excluding carboxylic acids is 12. The van der Waals surface area contributed by atoms with Crippen molar-refractivity contribution in [2.75, 3.05) is 107 Å². The van der Waals surface area contributed by atoms with Gasteiger partial charge in [0.1, 0.15) is 86.3 Å². The minimum absolute atomic E-state index is 0.0389. The molecule has 4 saturated carbocycles. The number of hydrogen-bond acceptors (Lipinski definition) is 21. The van der Waals surface area contributed by atoms with Crippen molar-refractivity contribution in [3.05, 3.63) is 184 Å². The van der Waals surface area contributed by atoms with Gasteiger partial charge in [0.2, 0.25) is 76.7 Å². The Kier molecular flexibility index (Phi) is 44.5. The molecule has 0 spiro atoms. The van der Waals surface area contributed by atoms with Crippen LogP contribution in [0.25, 0.3) is 0 Å². The smallest absolute Gasteiger partial charge is 0.243 e. The van der Waals surface area contributed by atoms with Gasteiger partial charge in [0.05, 0.1) is 24.2 Å². The Bertz CT molecular complexity index is 5340. The molecular weight excluding hydrogens is 1930 g/mol. The molecule has 8 aliphatic rings. The predicted molar refractivity (Wildman–Crippen MR) is 548 cm³/mol. The molecule has 4 aliphatic carbocycles. The molecule has 0 bridgehead atoms. The number of hydrogen-bond donors (Lipinski definition) is 13. The molecule has 33 nitrogen and oxygen atoms in total. The first-order valence-electron chi connectivity index (χ1n) is 52.4. The van der Waals surface area contributed by atoms with Crippen LogP contribution in [0, 0.1) is 70.4 Å². The fourth-order valence-corrected chi connectivity index (χ4v) is 18.2. The second-order valence-electron chi connectivity index (χ2n) is 40.8. The third-order valence-electron chi connectivity index (χ3n) is 28.2. The van der Waals surface area contributed by atoms with E-state index in [4.69, 9.17) is 18.9 Å². The minimum atomic E-state index is -1.05. The van der Waals surface area contributed by atoms with Crippen LogP contribution in [0.1, 0.15) is 179 Å². The lowest BCUT2D eigenvalue weighted by molar-refractivity contribution is -0.141. The van der Waals surface area contributed by atoms with Crippen molar-refractivity contribution in [3.8, 4) is 28.7 Å². The molecule has 6 aromatic carbocycles. The van der Waals surface area contributed by atoms with Gasteiger partial charge in [-0.1, -0.05) is 94.4 Å². The van der Waals surface area contributed by atoms with Crippen molar-refractivity contribution in [2.45, 2.75) is 256 Å². The number of nitrogens with one attached hydrogen (secondary N) is 12. The normalized spacial score (nSPS) is 24.8. The highest BCUT2D eigenvalue weighted by Gasteiger charge is 2.45. The lowest BCUT2D eigenvalue weighted by atomic mass is 10.0. The van der Waals surface area contributed by atoms with E-state index < -0.39 is 131 Å². The number of benzene rings is 6. The number of nitrogens with zero attached hydrogens (tertiary/aromatic N) is 4. The molecule has 12 amide bonds. The highest BCUT2D eigenvalue weighted by molar-refractivity contribution is 5.96. The molecule has 12 atom stereocenters. The highest BCUT2D eigenvalue weighted by atomic mass is 19.2. The SMILES string of the molecule is CC(C)C[C@H]1NC(=O)[C@@H](C)N(C)C(=O)[C@H](C2CC2)NCCOc2c(F)cccc2CCCNC1=O.CC(C)C[C@H]1NC(=O)[C@@H](C)N(C)C(=O)[C@H](C2CC2)NCCOc2c(ccc(F)c2F)CCCNC1=O.C[C@@H]1C(=O)N[C@H](Cc2ccc(F)cc2)C(=O)NCCCc2cccc(F)c2OCCN[C@@H](C2CC2)C(=O)N1C.C[C@@H]1C(=O)N[C@H](Cc2ccc(O)cc2)C(=O)NCCCc2cccc(F)c2OCCN[C@@H](C2CC2)C(=O)N1C. The molecule has 6 aromatic rings. The van der Waals surface area contributed by atoms with Crippen LogP contribution in [0.2, 0.25) is 0 Å². The maximum Gasteiger partial charge on any atom is 0.243 e. The summed E-state index contributed by atoms with van der Waals surface area (Å²) in [7, 11) is 6.34. The molecule has 39 heteroatoms. The molecule has 814 valence electrons. The number of likely N-dealkylation sites (N-methyl/N-ethyl adjacent to an activating group) is 4. The van der Waals surface area contributed by atoms with E-state index in [-0.39, 0.29) is 157 Å². The number of para-hydroxylation sites is 3. The number of fused-ring (bicyclic) bond motifs is 4. The van der Waals surface area contributed by atoms with Gasteiger partial charge < -0.3 is 107 Å². The second-order valence-corrected chi connectivity index (χ2v) is 40.8. The Morgan fingerprint density at radius 1 is 0.315 bits per heavy atom. The number of aromatic hydroxyl groups is 1. The van der Waals surface area contributed by atoms with E-state index in [1.807, 2.05) is 33.8 Å². The number of ether oxygens (including phenoxy) is 4. The van der Waals surface area contributed by atoms with Crippen LogP contribution < -0.4 is 82.7 Å². The summed E-state index contributed by atoms with van der Waals surface area (Å²) in [5.74, 6) is -6.09. The monoisotopic (exact) mass is 2080 g/mol. The van der Waals surface area contributed by atoms with Crippen molar-refractivity contribution in [3.63, 3.8) is 0 Å².